The van der Waals surface area contributed by atoms with Crippen molar-refractivity contribution in [3.05, 3.63) is 68.6 Å². The molecule has 0 aliphatic carbocycles. The Kier molecular flexibility index (Phi) is 9.59. The summed E-state index contributed by atoms with van der Waals surface area (Å²) in [6.45, 7) is 1.18. The quantitative estimate of drug-likeness (QED) is 0.647. The second-order valence-corrected chi connectivity index (χ2v) is 6.60. The van der Waals surface area contributed by atoms with Crippen molar-refractivity contribution in [3.63, 3.8) is 0 Å². The van der Waals surface area contributed by atoms with Crippen molar-refractivity contribution < 1.29 is 9.90 Å². The molecule has 2 aromatic carbocycles. The molecule has 124 valence electrons. The molecule has 0 aliphatic rings. The van der Waals surface area contributed by atoms with E-state index in [0.29, 0.717) is 6.54 Å². The normalized spacial score (nSPS) is 9.70. The van der Waals surface area contributed by atoms with Crippen molar-refractivity contribution in [3.8, 4) is 0 Å². The number of carboxylic acid groups (broad SMARTS) is 1. The largest absolute Gasteiger partial charge is 0.465 e. The smallest absolute Gasteiger partial charge is 0.404 e. The summed E-state index contributed by atoms with van der Waals surface area (Å²) in [6, 6.07) is 16.0. The zero-order valence-corrected chi connectivity index (χ0v) is 15.8. The van der Waals surface area contributed by atoms with Gasteiger partial charge in [0, 0.05) is 15.5 Å². The lowest BCUT2D eigenvalue weighted by molar-refractivity contribution is 0.194. The number of nitrogens with two attached hydrogens (primary N) is 1. The number of rotatable bonds is 5. The molecule has 0 radical (unpaired) electrons. The maximum atomic E-state index is 10.1. The fourth-order valence-electron chi connectivity index (χ4n) is 1.78. The van der Waals surface area contributed by atoms with Crippen LogP contribution in [0.3, 0.4) is 0 Å². The molecule has 4 nitrogen and oxygen atoms in total. The fourth-order valence-corrected chi connectivity index (χ4v) is 2.31. The highest BCUT2D eigenvalue weighted by atomic mass is 79.9. The highest BCUT2D eigenvalue weighted by Gasteiger charge is 1.95. The Bertz CT molecular complexity index is 587. The molecule has 2 rings (SSSR count). The summed E-state index contributed by atoms with van der Waals surface area (Å²) in [6.07, 6.45) is 0.712. The molecule has 0 atom stereocenters. The van der Waals surface area contributed by atoms with E-state index < -0.39 is 6.09 Å². The Balaban J connectivity index is 0.000000238. The van der Waals surface area contributed by atoms with Gasteiger partial charge in [-0.25, -0.2) is 4.79 Å². The van der Waals surface area contributed by atoms with Gasteiger partial charge in [0.2, 0.25) is 0 Å². The fraction of sp³-hybridized carbons (Fsp3) is 0.235. The molecule has 0 bridgehead atoms. The van der Waals surface area contributed by atoms with Gasteiger partial charge >= 0.3 is 6.09 Å². The summed E-state index contributed by atoms with van der Waals surface area (Å²) in [5.74, 6) is 0. The second-order valence-electron chi connectivity index (χ2n) is 4.77. The van der Waals surface area contributed by atoms with E-state index in [4.69, 9.17) is 10.8 Å². The first kappa shape index (κ1) is 19.7. The van der Waals surface area contributed by atoms with E-state index in [-0.39, 0.29) is 0 Å². The van der Waals surface area contributed by atoms with Gasteiger partial charge in [0.1, 0.15) is 0 Å². The first-order valence-corrected chi connectivity index (χ1v) is 8.75. The maximum Gasteiger partial charge on any atom is 0.404 e. The van der Waals surface area contributed by atoms with Crippen LogP contribution in [0.1, 0.15) is 11.1 Å². The topological polar surface area (TPSA) is 75.4 Å². The summed E-state index contributed by atoms with van der Waals surface area (Å²) in [4.78, 5) is 10.1. The molecule has 23 heavy (non-hydrogen) atoms. The number of nitrogens with one attached hydrogen (secondary N) is 1. The van der Waals surface area contributed by atoms with Crippen LogP contribution in [0.25, 0.3) is 0 Å². The van der Waals surface area contributed by atoms with E-state index in [9.17, 15) is 4.79 Å². The van der Waals surface area contributed by atoms with E-state index in [1.807, 2.05) is 36.4 Å². The van der Waals surface area contributed by atoms with Crippen LogP contribution in [0.4, 0.5) is 4.79 Å². The summed E-state index contributed by atoms with van der Waals surface area (Å²) in [5.41, 5.74) is 7.81. The van der Waals surface area contributed by atoms with Crippen molar-refractivity contribution in [2.75, 3.05) is 13.1 Å². The standard InChI is InChI=1S/C9H10BrNO2.C8H10BrN/c10-8-3-1-7(2-4-8)5-6-11-9(12)13;9-8-3-1-7(2-4-8)5-6-10/h1-4,11H,5-6H2,(H,12,13);1-4H,5-6,10H2. The second kappa shape index (κ2) is 11.2. The third-order valence-corrected chi connectivity index (χ3v) is 4.01. The van der Waals surface area contributed by atoms with Crippen LogP contribution in [-0.2, 0) is 12.8 Å². The van der Waals surface area contributed by atoms with Crippen molar-refractivity contribution in [2.24, 2.45) is 5.73 Å². The molecule has 2 aromatic rings. The minimum absolute atomic E-state index is 0.455. The van der Waals surface area contributed by atoms with Crippen molar-refractivity contribution >= 4 is 38.0 Å². The number of carbonyl (C=O) groups is 1. The van der Waals surface area contributed by atoms with Gasteiger partial charge in [-0.1, -0.05) is 56.1 Å². The molecule has 0 aliphatic heterocycles. The number of benzene rings is 2. The van der Waals surface area contributed by atoms with E-state index in [0.717, 1.165) is 33.9 Å². The highest BCUT2D eigenvalue weighted by Crippen LogP contribution is 2.11. The predicted molar refractivity (Wildman–Crippen MR) is 101 cm³/mol. The first-order valence-electron chi connectivity index (χ1n) is 7.17. The third kappa shape index (κ3) is 9.38. The van der Waals surface area contributed by atoms with Gasteiger partial charge in [-0.15, -0.1) is 0 Å². The first-order chi connectivity index (χ1) is 11.0. The number of halogens is 2. The molecule has 0 fully saturated rings. The van der Waals surface area contributed by atoms with Gasteiger partial charge in [0.25, 0.3) is 0 Å². The highest BCUT2D eigenvalue weighted by molar-refractivity contribution is 9.10. The molecule has 0 aromatic heterocycles. The van der Waals surface area contributed by atoms with Crippen LogP contribution >= 0.6 is 31.9 Å². The molecule has 0 saturated carbocycles. The van der Waals surface area contributed by atoms with Gasteiger partial charge in [-0.05, 0) is 54.8 Å². The molecule has 1 amide bonds. The van der Waals surface area contributed by atoms with E-state index in [2.05, 4.69) is 49.3 Å². The SMILES string of the molecule is NCCc1ccc(Br)cc1.O=C(O)NCCc1ccc(Br)cc1. The molecule has 0 heterocycles. The zero-order chi connectivity index (χ0) is 17.1. The molecular formula is C17H20Br2N2O2. The maximum absolute atomic E-state index is 10.1. The Labute approximate surface area is 153 Å². The third-order valence-electron chi connectivity index (χ3n) is 2.95. The van der Waals surface area contributed by atoms with Crippen LogP contribution in [0.5, 0.6) is 0 Å². The van der Waals surface area contributed by atoms with Gasteiger partial charge in [-0.3, -0.25) is 0 Å². The van der Waals surface area contributed by atoms with Crippen LogP contribution in [-0.4, -0.2) is 24.3 Å². The summed E-state index contributed by atoms with van der Waals surface area (Å²) in [7, 11) is 0. The van der Waals surface area contributed by atoms with E-state index >= 15 is 0 Å². The van der Waals surface area contributed by atoms with Crippen LogP contribution in [0.15, 0.2) is 57.5 Å². The molecular weight excluding hydrogens is 424 g/mol. The Hall–Kier alpha value is -1.37. The monoisotopic (exact) mass is 442 g/mol. The van der Waals surface area contributed by atoms with Crippen molar-refractivity contribution in [2.45, 2.75) is 12.8 Å². The lowest BCUT2D eigenvalue weighted by Gasteiger charge is -2.01. The minimum atomic E-state index is -0.975. The average molecular weight is 444 g/mol. The van der Waals surface area contributed by atoms with Gasteiger partial charge in [-0.2, -0.15) is 0 Å². The van der Waals surface area contributed by atoms with Crippen LogP contribution in [0.2, 0.25) is 0 Å². The molecule has 6 heteroatoms. The predicted octanol–water partition coefficient (Wildman–Crippen LogP) is 4.21. The van der Waals surface area contributed by atoms with Crippen molar-refractivity contribution in [1.82, 2.24) is 5.32 Å². The van der Waals surface area contributed by atoms with E-state index in [1.165, 1.54) is 5.56 Å². The summed E-state index contributed by atoms with van der Waals surface area (Å²) < 4.78 is 2.15. The average Bonchev–Trinajstić information content (AvgIpc) is 2.52. The molecule has 0 saturated heterocycles. The molecule has 0 unspecified atom stereocenters. The number of hydrogen-bond acceptors (Lipinski definition) is 2. The zero-order valence-electron chi connectivity index (χ0n) is 12.6. The number of hydrogen-bond donors (Lipinski definition) is 3. The summed E-state index contributed by atoms with van der Waals surface area (Å²) >= 11 is 6.69. The van der Waals surface area contributed by atoms with Crippen LogP contribution < -0.4 is 11.1 Å². The van der Waals surface area contributed by atoms with Gasteiger partial charge in [0.15, 0.2) is 0 Å². The summed E-state index contributed by atoms with van der Waals surface area (Å²) in [5, 5.41) is 10.6. The lowest BCUT2D eigenvalue weighted by Crippen LogP contribution is -2.23. The van der Waals surface area contributed by atoms with Crippen LogP contribution in [0, 0.1) is 0 Å². The molecule has 4 N–H and O–H groups in total. The Morgan fingerprint density at radius 1 is 0.913 bits per heavy atom. The van der Waals surface area contributed by atoms with Crippen molar-refractivity contribution in [1.29, 1.82) is 0 Å². The number of amides is 1. The lowest BCUT2D eigenvalue weighted by atomic mass is 10.1. The van der Waals surface area contributed by atoms with Gasteiger partial charge in [0.05, 0.1) is 0 Å². The minimum Gasteiger partial charge on any atom is -0.465 e. The Morgan fingerprint density at radius 2 is 1.35 bits per heavy atom. The Morgan fingerprint density at radius 3 is 1.74 bits per heavy atom. The van der Waals surface area contributed by atoms with E-state index in [1.54, 1.807) is 0 Å². The van der Waals surface area contributed by atoms with Gasteiger partial charge < -0.3 is 16.2 Å². The molecule has 0 spiro atoms.